The van der Waals surface area contributed by atoms with Crippen LogP contribution in [0.25, 0.3) is 0 Å². The minimum Gasteiger partial charge on any atom is -0.427 e. The summed E-state index contributed by atoms with van der Waals surface area (Å²) in [5.74, 6) is 0.381. The van der Waals surface area contributed by atoms with Gasteiger partial charge < -0.3 is 4.74 Å². The van der Waals surface area contributed by atoms with Gasteiger partial charge in [0.15, 0.2) is 0 Å². The van der Waals surface area contributed by atoms with Gasteiger partial charge in [-0.25, -0.2) is 0 Å². The van der Waals surface area contributed by atoms with Gasteiger partial charge in [-0.05, 0) is 42.0 Å². The number of non-ortho nitro benzene ring substituents is 1. The minimum absolute atomic E-state index is 0.0294. The second-order valence-electron chi connectivity index (χ2n) is 7.37. The molecule has 3 aromatic rings. The SMILES string of the molecule is O=C(CC[C@H]1CC1(c1ccccc1)c1ccccc1)Oc1ccc([N+](=O)[O-])cc1. The van der Waals surface area contributed by atoms with Crippen molar-refractivity contribution in [3.05, 3.63) is 106 Å². The number of esters is 1. The molecule has 29 heavy (non-hydrogen) atoms. The van der Waals surface area contributed by atoms with E-state index in [0.717, 1.165) is 12.8 Å². The predicted molar refractivity (Wildman–Crippen MR) is 110 cm³/mol. The number of rotatable bonds is 7. The molecule has 5 heteroatoms. The van der Waals surface area contributed by atoms with Crippen molar-refractivity contribution in [2.75, 3.05) is 0 Å². The Hall–Kier alpha value is -3.47. The van der Waals surface area contributed by atoms with E-state index in [0.29, 0.717) is 18.1 Å². The van der Waals surface area contributed by atoms with Crippen LogP contribution in [0.1, 0.15) is 30.4 Å². The van der Waals surface area contributed by atoms with E-state index in [1.165, 1.54) is 35.4 Å². The predicted octanol–water partition coefficient (Wildman–Crippen LogP) is 5.29. The zero-order chi connectivity index (χ0) is 20.3. The Bertz CT molecular complexity index is 961. The number of nitro groups is 1. The molecule has 0 spiro atoms. The molecule has 5 nitrogen and oxygen atoms in total. The molecule has 1 atom stereocenters. The lowest BCUT2D eigenvalue weighted by Crippen LogP contribution is -2.14. The van der Waals surface area contributed by atoms with E-state index in [1.807, 2.05) is 12.1 Å². The van der Waals surface area contributed by atoms with Gasteiger partial charge in [0.1, 0.15) is 5.75 Å². The lowest BCUT2D eigenvalue weighted by atomic mass is 9.85. The number of benzene rings is 3. The van der Waals surface area contributed by atoms with Crippen LogP contribution in [0.3, 0.4) is 0 Å². The van der Waals surface area contributed by atoms with Crippen LogP contribution >= 0.6 is 0 Å². The Kier molecular flexibility index (Phi) is 5.12. The fraction of sp³-hybridized carbons (Fsp3) is 0.208. The number of nitro benzene ring substituents is 1. The van der Waals surface area contributed by atoms with E-state index in [9.17, 15) is 14.9 Å². The number of hydrogen-bond donors (Lipinski definition) is 0. The number of hydrogen-bond acceptors (Lipinski definition) is 4. The summed E-state index contributed by atoms with van der Waals surface area (Å²) in [6.07, 6.45) is 2.05. The van der Waals surface area contributed by atoms with Gasteiger partial charge in [-0.3, -0.25) is 14.9 Å². The molecule has 0 radical (unpaired) electrons. The van der Waals surface area contributed by atoms with E-state index in [-0.39, 0.29) is 17.1 Å². The highest BCUT2D eigenvalue weighted by Gasteiger charge is 2.55. The number of carbonyl (C=O) groups is 1. The first-order valence-corrected chi connectivity index (χ1v) is 9.66. The molecule has 3 aromatic carbocycles. The third-order valence-corrected chi connectivity index (χ3v) is 5.66. The molecule has 0 aromatic heterocycles. The van der Waals surface area contributed by atoms with Gasteiger partial charge in [-0.2, -0.15) is 0 Å². The second-order valence-corrected chi connectivity index (χ2v) is 7.37. The van der Waals surface area contributed by atoms with Crippen molar-refractivity contribution >= 4 is 11.7 Å². The summed E-state index contributed by atoms with van der Waals surface area (Å²) in [6, 6.07) is 26.4. The number of nitrogens with zero attached hydrogens (tertiary/aromatic N) is 1. The normalized spacial score (nSPS) is 16.8. The van der Waals surface area contributed by atoms with E-state index in [2.05, 4.69) is 48.5 Å². The lowest BCUT2D eigenvalue weighted by molar-refractivity contribution is -0.384. The minimum atomic E-state index is -0.481. The van der Waals surface area contributed by atoms with Gasteiger partial charge >= 0.3 is 5.97 Å². The first-order chi connectivity index (χ1) is 14.1. The summed E-state index contributed by atoms with van der Waals surface area (Å²) in [5.41, 5.74) is 2.48. The van der Waals surface area contributed by atoms with Gasteiger partial charge in [0.05, 0.1) is 4.92 Å². The standard InChI is InChI=1S/C24H21NO4/c26-23(29-22-14-12-21(13-15-22)25(27)28)16-11-20-17-24(20,18-7-3-1-4-8-18)19-9-5-2-6-10-19/h1-10,12-15,20H,11,16-17H2/t20-/m0/s1. The van der Waals surface area contributed by atoms with Crippen molar-refractivity contribution in [2.45, 2.75) is 24.7 Å². The molecule has 1 aliphatic rings. The van der Waals surface area contributed by atoms with E-state index >= 15 is 0 Å². The van der Waals surface area contributed by atoms with Gasteiger partial charge in [-0.15, -0.1) is 0 Å². The largest absolute Gasteiger partial charge is 0.427 e. The molecule has 0 bridgehead atoms. The smallest absolute Gasteiger partial charge is 0.311 e. The van der Waals surface area contributed by atoms with Crippen LogP contribution in [0.5, 0.6) is 5.75 Å². The first-order valence-electron chi connectivity index (χ1n) is 9.66. The average molecular weight is 387 g/mol. The summed E-state index contributed by atoms with van der Waals surface area (Å²) in [4.78, 5) is 22.5. The summed E-state index contributed by atoms with van der Waals surface area (Å²) in [6.45, 7) is 0. The summed E-state index contributed by atoms with van der Waals surface area (Å²) in [5, 5.41) is 10.7. The van der Waals surface area contributed by atoms with Crippen LogP contribution in [-0.2, 0) is 10.2 Å². The first kappa shape index (κ1) is 18.9. The third kappa shape index (κ3) is 3.90. The van der Waals surface area contributed by atoms with Crippen LogP contribution in [0, 0.1) is 16.0 Å². The van der Waals surface area contributed by atoms with E-state index in [4.69, 9.17) is 4.74 Å². The highest BCUT2D eigenvalue weighted by atomic mass is 16.6. The molecule has 1 fully saturated rings. The molecule has 0 heterocycles. The molecular weight excluding hydrogens is 366 g/mol. The topological polar surface area (TPSA) is 69.4 Å². The number of carbonyl (C=O) groups excluding carboxylic acids is 1. The van der Waals surface area contributed by atoms with Crippen LogP contribution in [0.2, 0.25) is 0 Å². The maximum absolute atomic E-state index is 12.3. The molecule has 4 rings (SSSR count). The molecule has 1 aliphatic carbocycles. The van der Waals surface area contributed by atoms with Crippen molar-refractivity contribution in [3.8, 4) is 5.75 Å². The fourth-order valence-electron chi connectivity index (χ4n) is 4.13. The van der Waals surface area contributed by atoms with Crippen LogP contribution in [0.4, 0.5) is 5.69 Å². The Labute approximate surface area is 169 Å². The van der Waals surface area contributed by atoms with Gasteiger partial charge in [-0.1, -0.05) is 60.7 Å². The van der Waals surface area contributed by atoms with Crippen molar-refractivity contribution in [1.82, 2.24) is 0 Å². The molecule has 0 amide bonds. The van der Waals surface area contributed by atoms with Crippen LogP contribution < -0.4 is 4.74 Å². The molecular formula is C24H21NO4. The lowest BCUT2D eigenvalue weighted by Gasteiger charge is -2.19. The van der Waals surface area contributed by atoms with E-state index < -0.39 is 4.92 Å². The molecule has 0 N–H and O–H groups in total. The third-order valence-electron chi connectivity index (χ3n) is 5.66. The summed E-state index contributed by atoms with van der Waals surface area (Å²) < 4.78 is 5.35. The van der Waals surface area contributed by atoms with Crippen molar-refractivity contribution in [3.63, 3.8) is 0 Å². The quantitative estimate of drug-likeness (QED) is 0.239. The molecule has 0 aliphatic heterocycles. The van der Waals surface area contributed by atoms with E-state index in [1.54, 1.807) is 0 Å². The Morgan fingerprint density at radius 1 is 0.931 bits per heavy atom. The van der Waals surface area contributed by atoms with Crippen LogP contribution in [-0.4, -0.2) is 10.9 Å². The average Bonchev–Trinajstić information content (AvgIpc) is 3.50. The molecule has 0 saturated heterocycles. The molecule has 146 valence electrons. The van der Waals surface area contributed by atoms with Crippen molar-refractivity contribution < 1.29 is 14.5 Å². The zero-order valence-corrected chi connectivity index (χ0v) is 15.9. The van der Waals surface area contributed by atoms with Crippen LogP contribution in [0.15, 0.2) is 84.9 Å². The summed E-state index contributed by atoms with van der Waals surface area (Å²) in [7, 11) is 0. The van der Waals surface area contributed by atoms with Gasteiger partial charge in [0.2, 0.25) is 0 Å². The monoisotopic (exact) mass is 387 g/mol. The highest BCUT2D eigenvalue weighted by Crippen LogP contribution is 2.60. The molecule has 0 unspecified atom stereocenters. The fourth-order valence-corrected chi connectivity index (χ4v) is 4.13. The Morgan fingerprint density at radius 3 is 2.00 bits per heavy atom. The van der Waals surface area contributed by atoms with Gasteiger partial charge in [0, 0.05) is 24.0 Å². The van der Waals surface area contributed by atoms with Gasteiger partial charge in [0.25, 0.3) is 5.69 Å². The Morgan fingerprint density at radius 2 is 1.48 bits per heavy atom. The van der Waals surface area contributed by atoms with Crippen molar-refractivity contribution in [1.29, 1.82) is 0 Å². The maximum atomic E-state index is 12.3. The number of ether oxygens (including phenoxy) is 1. The van der Waals surface area contributed by atoms with Crippen molar-refractivity contribution in [2.24, 2.45) is 5.92 Å². The maximum Gasteiger partial charge on any atom is 0.311 e. The molecule has 1 saturated carbocycles. The Balaban J connectivity index is 1.42. The summed E-state index contributed by atoms with van der Waals surface area (Å²) >= 11 is 0. The second kappa shape index (κ2) is 7.87. The zero-order valence-electron chi connectivity index (χ0n) is 15.9. The highest BCUT2D eigenvalue weighted by molar-refractivity contribution is 5.72.